The third-order valence-electron chi connectivity index (χ3n) is 8.61. The Kier molecular flexibility index (Phi) is 7.60. The molecule has 0 saturated heterocycles. The van der Waals surface area contributed by atoms with Crippen LogP contribution in [-0.2, 0) is 39.4 Å². The first-order valence-corrected chi connectivity index (χ1v) is 14.5. The number of benzene rings is 2. The van der Waals surface area contributed by atoms with Gasteiger partial charge in [0.2, 0.25) is 12.2 Å². The van der Waals surface area contributed by atoms with Gasteiger partial charge in [0.25, 0.3) is 0 Å². The van der Waals surface area contributed by atoms with Crippen molar-refractivity contribution in [2.45, 2.75) is 52.4 Å². The second-order valence-corrected chi connectivity index (χ2v) is 11.8. The summed E-state index contributed by atoms with van der Waals surface area (Å²) in [4.78, 5) is 41.5. The Bertz CT molecular complexity index is 1560. The molecule has 2 aromatic rings. The zero-order valence-electron chi connectivity index (χ0n) is 25.4. The van der Waals surface area contributed by atoms with Gasteiger partial charge in [-0.1, -0.05) is 50.2 Å². The number of fused-ring (bicyclic) bond motifs is 2. The molecule has 2 heterocycles. The molecule has 1 aliphatic carbocycles. The van der Waals surface area contributed by atoms with Gasteiger partial charge in [0.05, 0.1) is 31.3 Å². The fourth-order valence-corrected chi connectivity index (χ4v) is 6.70. The topological polar surface area (TPSA) is 85.2 Å². The Morgan fingerprint density at radius 2 is 1.52 bits per heavy atom. The minimum absolute atomic E-state index is 0.00350. The summed E-state index contributed by atoms with van der Waals surface area (Å²) in [6.07, 6.45) is 1.86. The van der Waals surface area contributed by atoms with Crippen LogP contribution < -0.4 is 4.90 Å². The standard InChI is InChI=1S/C34H39N2O6/c1-8-41-27(37)19-35-24-16-12-10-14-22(24)33(3,4)26(35)18-21-30(39)29(31(21)40-7)32-34(5,6)23-15-11-13-17-25(23)36(32)20-28(38)42-9-2/h10-18,29H,8-9,19-20H2,1-7H3/q+1. The molecule has 0 bridgehead atoms. The van der Waals surface area contributed by atoms with Crippen LogP contribution in [0.4, 0.5) is 11.4 Å². The Labute approximate surface area is 247 Å². The lowest BCUT2D eigenvalue weighted by molar-refractivity contribution is -0.431. The van der Waals surface area contributed by atoms with E-state index in [2.05, 4.69) is 27.7 Å². The summed E-state index contributed by atoms with van der Waals surface area (Å²) in [5.74, 6) is -0.916. The van der Waals surface area contributed by atoms with E-state index in [0.717, 1.165) is 33.9 Å². The number of Topliss-reactive ketones (excluding diaryl/α,β-unsaturated/α-hetero) is 1. The highest BCUT2D eigenvalue weighted by atomic mass is 16.5. The number of ketones is 1. The third-order valence-corrected chi connectivity index (χ3v) is 8.61. The maximum Gasteiger partial charge on any atom is 0.372 e. The lowest BCUT2D eigenvalue weighted by atomic mass is 9.68. The van der Waals surface area contributed by atoms with Crippen molar-refractivity contribution >= 4 is 34.8 Å². The molecule has 0 aromatic heterocycles. The van der Waals surface area contributed by atoms with Crippen molar-refractivity contribution in [1.82, 2.24) is 0 Å². The van der Waals surface area contributed by atoms with Crippen LogP contribution in [0.15, 0.2) is 71.6 Å². The quantitative estimate of drug-likeness (QED) is 0.310. The van der Waals surface area contributed by atoms with Crippen LogP contribution in [0.2, 0.25) is 0 Å². The maximum atomic E-state index is 14.2. The van der Waals surface area contributed by atoms with Gasteiger partial charge in [-0.05, 0) is 45.4 Å². The van der Waals surface area contributed by atoms with E-state index >= 15 is 0 Å². The first-order chi connectivity index (χ1) is 20.0. The van der Waals surface area contributed by atoms with Crippen molar-refractivity contribution < 1.29 is 33.2 Å². The summed E-state index contributed by atoms with van der Waals surface area (Å²) < 4.78 is 18.4. The van der Waals surface area contributed by atoms with Crippen LogP contribution in [0.1, 0.15) is 52.7 Å². The summed E-state index contributed by atoms with van der Waals surface area (Å²) in [5.41, 5.74) is 4.94. The molecule has 0 fully saturated rings. The number of para-hydroxylation sites is 2. The monoisotopic (exact) mass is 571 g/mol. The van der Waals surface area contributed by atoms with Gasteiger partial charge >= 0.3 is 11.9 Å². The molecule has 8 nitrogen and oxygen atoms in total. The number of hydrogen-bond acceptors (Lipinski definition) is 7. The second kappa shape index (κ2) is 10.9. The normalized spacial score (nSPS) is 20.8. The zero-order valence-corrected chi connectivity index (χ0v) is 25.4. The van der Waals surface area contributed by atoms with E-state index in [9.17, 15) is 14.4 Å². The maximum absolute atomic E-state index is 14.2. The Morgan fingerprint density at radius 1 is 0.905 bits per heavy atom. The molecule has 5 rings (SSSR count). The van der Waals surface area contributed by atoms with Crippen LogP contribution >= 0.6 is 0 Å². The SMILES string of the molecule is CCOC(=O)CN1C(=CC2=C(OC)C(C3=[N+](CC(=O)OCC)c4ccccc4C3(C)C)C2=O)C(C)(C)c2ccccc21. The fraction of sp³-hybridized carbons (Fsp3) is 0.412. The van der Waals surface area contributed by atoms with Gasteiger partial charge in [0, 0.05) is 28.4 Å². The average Bonchev–Trinajstić information content (AvgIpc) is 3.29. The minimum Gasteiger partial charge on any atom is -0.499 e. The van der Waals surface area contributed by atoms with Crippen molar-refractivity contribution in [1.29, 1.82) is 0 Å². The molecule has 2 aromatic carbocycles. The van der Waals surface area contributed by atoms with Crippen molar-refractivity contribution in [3.05, 3.63) is 82.8 Å². The molecule has 8 heteroatoms. The molecule has 0 saturated carbocycles. The number of methoxy groups -OCH3 is 1. The van der Waals surface area contributed by atoms with E-state index in [-0.39, 0.29) is 44.0 Å². The van der Waals surface area contributed by atoms with Crippen LogP contribution in [-0.4, -0.2) is 61.4 Å². The van der Waals surface area contributed by atoms with E-state index in [1.54, 1.807) is 21.0 Å². The number of carbonyl (C=O) groups excluding carboxylic acids is 3. The lowest BCUT2D eigenvalue weighted by Crippen LogP contribution is -2.47. The highest BCUT2D eigenvalue weighted by Gasteiger charge is 2.58. The Morgan fingerprint density at radius 3 is 2.19 bits per heavy atom. The highest BCUT2D eigenvalue weighted by molar-refractivity contribution is 6.23. The Balaban J connectivity index is 1.63. The van der Waals surface area contributed by atoms with Crippen molar-refractivity contribution in [2.24, 2.45) is 5.92 Å². The van der Waals surface area contributed by atoms with E-state index in [1.807, 2.05) is 64.1 Å². The van der Waals surface area contributed by atoms with Gasteiger partial charge in [0.1, 0.15) is 12.3 Å². The van der Waals surface area contributed by atoms with Gasteiger partial charge in [0.15, 0.2) is 17.4 Å². The molecule has 1 unspecified atom stereocenters. The van der Waals surface area contributed by atoms with Crippen LogP contribution in [0.25, 0.3) is 0 Å². The molecule has 0 radical (unpaired) electrons. The molecular weight excluding hydrogens is 532 g/mol. The van der Waals surface area contributed by atoms with Crippen molar-refractivity contribution in [2.75, 3.05) is 38.3 Å². The van der Waals surface area contributed by atoms with Gasteiger partial charge in [-0.2, -0.15) is 4.58 Å². The number of nitrogens with zero attached hydrogens (tertiary/aromatic N) is 2. The number of ether oxygens (including phenoxy) is 3. The molecule has 42 heavy (non-hydrogen) atoms. The highest BCUT2D eigenvalue weighted by Crippen LogP contribution is 2.51. The zero-order chi connectivity index (χ0) is 30.4. The van der Waals surface area contributed by atoms with Crippen molar-refractivity contribution in [3.8, 4) is 0 Å². The molecule has 0 N–H and O–H groups in total. The summed E-state index contributed by atoms with van der Waals surface area (Å²) in [7, 11) is 1.57. The van der Waals surface area contributed by atoms with Crippen LogP contribution in [0, 0.1) is 5.92 Å². The average molecular weight is 572 g/mol. The second-order valence-electron chi connectivity index (χ2n) is 11.8. The lowest BCUT2D eigenvalue weighted by Gasteiger charge is -2.34. The predicted octanol–water partition coefficient (Wildman–Crippen LogP) is 4.97. The van der Waals surface area contributed by atoms with Gasteiger partial charge in [-0.15, -0.1) is 0 Å². The number of rotatable bonds is 9. The summed E-state index contributed by atoms with van der Waals surface area (Å²) in [5, 5.41) is 0. The predicted molar refractivity (Wildman–Crippen MR) is 160 cm³/mol. The van der Waals surface area contributed by atoms with E-state index in [1.165, 1.54) is 0 Å². The summed E-state index contributed by atoms with van der Waals surface area (Å²) in [6.45, 7) is 12.5. The van der Waals surface area contributed by atoms with E-state index in [4.69, 9.17) is 14.2 Å². The molecule has 3 aliphatic rings. The van der Waals surface area contributed by atoms with E-state index < -0.39 is 16.7 Å². The first-order valence-electron chi connectivity index (χ1n) is 14.5. The van der Waals surface area contributed by atoms with Gasteiger partial charge in [-0.25, -0.2) is 4.79 Å². The number of carbonyl (C=O) groups is 3. The molecule has 1 atom stereocenters. The largest absolute Gasteiger partial charge is 0.499 e. The Hall–Kier alpha value is -4.20. The van der Waals surface area contributed by atoms with Gasteiger partial charge in [-0.3, -0.25) is 9.59 Å². The van der Waals surface area contributed by atoms with Crippen LogP contribution in [0.5, 0.6) is 0 Å². The van der Waals surface area contributed by atoms with Crippen LogP contribution in [0.3, 0.4) is 0 Å². The first kappa shape index (κ1) is 29.3. The molecule has 2 aliphatic heterocycles. The molecule has 220 valence electrons. The number of allylic oxidation sites excluding steroid dienone is 4. The van der Waals surface area contributed by atoms with Crippen molar-refractivity contribution in [3.63, 3.8) is 0 Å². The molecule has 0 amide bonds. The number of hydrogen-bond donors (Lipinski definition) is 0. The number of anilines is 1. The summed E-state index contributed by atoms with van der Waals surface area (Å²) >= 11 is 0. The summed E-state index contributed by atoms with van der Waals surface area (Å²) in [6, 6.07) is 15.8. The minimum atomic E-state index is -0.663. The van der Waals surface area contributed by atoms with E-state index in [0.29, 0.717) is 11.3 Å². The fourth-order valence-electron chi connectivity index (χ4n) is 6.70. The third kappa shape index (κ3) is 4.53. The molecular formula is C34H39N2O6+. The van der Waals surface area contributed by atoms with Gasteiger partial charge < -0.3 is 19.1 Å². The molecule has 0 spiro atoms. The smallest absolute Gasteiger partial charge is 0.372 e. The number of esters is 2.